The second-order valence-corrected chi connectivity index (χ2v) is 6.00. The number of nitrogens with one attached hydrogen (secondary N) is 2. The van der Waals surface area contributed by atoms with Gasteiger partial charge in [0.05, 0.1) is 11.1 Å². The first-order chi connectivity index (χ1) is 8.64. The van der Waals surface area contributed by atoms with Crippen LogP contribution in [0, 0.1) is 12.3 Å². The van der Waals surface area contributed by atoms with E-state index >= 15 is 0 Å². The van der Waals surface area contributed by atoms with Gasteiger partial charge in [0.2, 0.25) is 0 Å². The van der Waals surface area contributed by atoms with Gasteiger partial charge in [-0.25, -0.2) is 4.98 Å². The second kappa shape index (κ2) is 5.31. The summed E-state index contributed by atoms with van der Waals surface area (Å²) < 4.78 is 0. The van der Waals surface area contributed by atoms with E-state index in [0.717, 1.165) is 0 Å². The van der Waals surface area contributed by atoms with Crippen LogP contribution in [0.4, 0.5) is 5.82 Å². The van der Waals surface area contributed by atoms with Crippen molar-refractivity contribution in [1.29, 1.82) is 0 Å². The van der Waals surface area contributed by atoms with Gasteiger partial charge < -0.3 is 10.6 Å². The van der Waals surface area contributed by atoms with Gasteiger partial charge in [0, 0.05) is 11.7 Å². The summed E-state index contributed by atoms with van der Waals surface area (Å²) in [6.07, 6.45) is 7.03. The summed E-state index contributed by atoms with van der Waals surface area (Å²) >= 11 is 0. The quantitative estimate of drug-likeness (QED) is 0.820. The topological polar surface area (TPSA) is 54.0 Å². The van der Waals surface area contributed by atoms with Gasteiger partial charge in [-0.2, -0.15) is 0 Å². The molecule has 0 bridgehead atoms. The normalized spacial score (nSPS) is 11.6. The zero-order valence-electron chi connectivity index (χ0n) is 12.2. The molecule has 1 rings (SSSR count). The first kappa shape index (κ1) is 15.0. The number of aromatic nitrogens is 1. The molecule has 0 atom stereocenters. The molecule has 0 aromatic carbocycles. The molecule has 1 aromatic rings. The molecule has 1 heterocycles. The molecule has 0 spiro atoms. The standard InChI is InChI=1S/C15H21N3O/c1-7-15(5,6)18-13(19)11-9-8-10-16-12(11)17-14(2,3)4/h1,8-10H,2-6H3,(H,16,17)(H,18,19). The molecule has 19 heavy (non-hydrogen) atoms. The predicted molar refractivity (Wildman–Crippen MR) is 78.0 cm³/mol. The lowest BCUT2D eigenvalue weighted by atomic mass is 10.1. The summed E-state index contributed by atoms with van der Waals surface area (Å²) in [5.41, 5.74) is -0.377. The van der Waals surface area contributed by atoms with E-state index in [4.69, 9.17) is 6.42 Å². The Morgan fingerprint density at radius 2 is 1.95 bits per heavy atom. The Bertz CT molecular complexity index is 507. The van der Waals surface area contributed by atoms with E-state index in [1.807, 2.05) is 20.8 Å². The Hall–Kier alpha value is -2.02. The summed E-state index contributed by atoms with van der Waals surface area (Å²) in [5.74, 6) is 2.86. The first-order valence-electron chi connectivity index (χ1n) is 6.18. The molecule has 1 amide bonds. The number of rotatable bonds is 3. The average molecular weight is 259 g/mol. The smallest absolute Gasteiger partial charge is 0.256 e. The Balaban J connectivity index is 3.02. The van der Waals surface area contributed by atoms with Crippen LogP contribution in [0.15, 0.2) is 18.3 Å². The third-order valence-electron chi connectivity index (χ3n) is 2.33. The van der Waals surface area contributed by atoms with Crippen molar-refractivity contribution in [3.63, 3.8) is 0 Å². The van der Waals surface area contributed by atoms with E-state index in [0.29, 0.717) is 11.4 Å². The highest BCUT2D eigenvalue weighted by atomic mass is 16.1. The lowest BCUT2D eigenvalue weighted by Gasteiger charge is -2.24. The molecule has 102 valence electrons. The Morgan fingerprint density at radius 1 is 1.32 bits per heavy atom. The molecule has 1 aromatic heterocycles. The van der Waals surface area contributed by atoms with Gasteiger partial charge >= 0.3 is 0 Å². The molecule has 2 N–H and O–H groups in total. The molecule has 0 fully saturated rings. The monoisotopic (exact) mass is 259 g/mol. The Labute approximate surface area is 115 Å². The van der Waals surface area contributed by atoms with Crippen LogP contribution in [0.3, 0.4) is 0 Å². The molecule has 0 aliphatic rings. The van der Waals surface area contributed by atoms with E-state index in [-0.39, 0.29) is 11.4 Å². The number of pyridine rings is 1. The lowest BCUT2D eigenvalue weighted by Crippen LogP contribution is -2.42. The second-order valence-electron chi connectivity index (χ2n) is 6.00. The third-order valence-corrected chi connectivity index (χ3v) is 2.33. The number of hydrogen-bond donors (Lipinski definition) is 2. The van der Waals surface area contributed by atoms with Crippen molar-refractivity contribution < 1.29 is 4.79 Å². The van der Waals surface area contributed by atoms with Crippen molar-refractivity contribution >= 4 is 11.7 Å². The first-order valence-corrected chi connectivity index (χ1v) is 6.18. The van der Waals surface area contributed by atoms with Crippen molar-refractivity contribution in [2.24, 2.45) is 0 Å². The maximum Gasteiger partial charge on any atom is 0.256 e. The molecular weight excluding hydrogens is 238 g/mol. The van der Waals surface area contributed by atoms with Gasteiger partial charge in [-0.15, -0.1) is 6.42 Å². The summed E-state index contributed by atoms with van der Waals surface area (Å²) in [7, 11) is 0. The van der Waals surface area contributed by atoms with Gasteiger partial charge in [-0.05, 0) is 46.8 Å². The molecule has 0 saturated carbocycles. The number of terminal acetylenes is 1. The maximum atomic E-state index is 12.2. The highest BCUT2D eigenvalue weighted by Gasteiger charge is 2.22. The van der Waals surface area contributed by atoms with Crippen molar-refractivity contribution in [1.82, 2.24) is 10.3 Å². The number of nitrogens with zero attached hydrogens (tertiary/aromatic N) is 1. The molecular formula is C15H21N3O. The van der Waals surface area contributed by atoms with E-state index in [2.05, 4.69) is 21.5 Å². The van der Waals surface area contributed by atoms with Crippen LogP contribution in [-0.2, 0) is 0 Å². The number of carbonyl (C=O) groups excluding carboxylic acids is 1. The molecule has 0 unspecified atom stereocenters. The van der Waals surface area contributed by atoms with Crippen LogP contribution < -0.4 is 10.6 Å². The third kappa shape index (κ3) is 4.63. The maximum absolute atomic E-state index is 12.2. The summed E-state index contributed by atoms with van der Waals surface area (Å²) in [6.45, 7) is 9.58. The number of hydrogen-bond acceptors (Lipinski definition) is 3. The van der Waals surface area contributed by atoms with Gasteiger partial charge in [-0.1, -0.05) is 5.92 Å². The van der Waals surface area contributed by atoms with Crippen molar-refractivity contribution in [2.45, 2.75) is 45.7 Å². The zero-order chi connectivity index (χ0) is 14.7. The van der Waals surface area contributed by atoms with Crippen LogP contribution >= 0.6 is 0 Å². The zero-order valence-corrected chi connectivity index (χ0v) is 12.2. The van der Waals surface area contributed by atoms with Crippen LogP contribution in [0.25, 0.3) is 0 Å². The molecule has 4 nitrogen and oxygen atoms in total. The Kier molecular flexibility index (Phi) is 4.21. The van der Waals surface area contributed by atoms with Crippen molar-refractivity contribution in [3.8, 4) is 12.3 Å². The van der Waals surface area contributed by atoms with E-state index in [1.165, 1.54) is 0 Å². The number of amides is 1. The minimum atomic E-state index is -0.689. The highest BCUT2D eigenvalue weighted by Crippen LogP contribution is 2.17. The average Bonchev–Trinajstić information content (AvgIpc) is 2.27. The molecule has 4 heteroatoms. The van der Waals surface area contributed by atoms with Gasteiger partial charge in [-0.3, -0.25) is 4.79 Å². The van der Waals surface area contributed by atoms with Gasteiger partial charge in [0.15, 0.2) is 0 Å². The number of carbonyl (C=O) groups is 1. The van der Waals surface area contributed by atoms with Gasteiger partial charge in [0.1, 0.15) is 5.82 Å². The van der Waals surface area contributed by atoms with Gasteiger partial charge in [0.25, 0.3) is 5.91 Å². The predicted octanol–water partition coefficient (Wildman–Crippen LogP) is 2.43. The summed E-state index contributed by atoms with van der Waals surface area (Å²) in [5, 5.41) is 6.00. The fourth-order valence-corrected chi connectivity index (χ4v) is 1.43. The largest absolute Gasteiger partial charge is 0.365 e. The Morgan fingerprint density at radius 3 is 2.47 bits per heavy atom. The molecule has 0 aliphatic heterocycles. The SMILES string of the molecule is C#CC(C)(C)NC(=O)c1cccnc1NC(C)(C)C. The molecule has 0 aliphatic carbocycles. The fraction of sp³-hybridized carbons (Fsp3) is 0.467. The summed E-state index contributed by atoms with van der Waals surface area (Å²) in [6, 6.07) is 3.45. The van der Waals surface area contributed by atoms with Crippen LogP contribution in [0.1, 0.15) is 45.0 Å². The molecule has 0 saturated heterocycles. The lowest BCUT2D eigenvalue weighted by molar-refractivity contribution is 0.0930. The van der Waals surface area contributed by atoms with Crippen LogP contribution in [0.2, 0.25) is 0 Å². The van der Waals surface area contributed by atoms with Crippen molar-refractivity contribution in [3.05, 3.63) is 23.9 Å². The van der Waals surface area contributed by atoms with E-state index < -0.39 is 5.54 Å². The van der Waals surface area contributed by atoms with Crippen LogP contribution in [-0.4, -0.2) is 22.0 Å². The summed E-state index contributed by atoms with van der Waals surface area (Å²) in [4.78, 5) is 16.5. The highest BCUT2D eigenvalue weighted by molar-refractivity contribution is 5.99. The van der Waals surface area contributed by atoms with Crippen molar-refractivity contribution in [2.75, 3.05) is 5.32 Å². The number of anilines is 1. The molecule has 0 radical (unpaired) electrons. The minimum Gasteiger partial charge on any atom is -0.365 e. The van der Waals surface area contributed by atoms with Crippen LogP contribution in [0.5, 0.6) is 0 Å². The van der Waals surface area contributed by atoms with E-state index in [1.54, 1.807) is 32.2 Å². The minimum absolute atomic E-state index is 0.176. The van der Waals surface area contributed by atoms with E-state index in [9.17, 15) is 4.79 Å². The fourth-order valence-electron chi connectivity index (χ4n) is 1.43.